The van der Waals surface area contributed by atoms with Crippen LogP contribution < -0.4 is 5.56 Å². The number of halogens is 2. The highest BCUT2D eigenvalue weighted by Crippen LogP contribution is 2.26. The molecule has 21 heavy (non-hydrogen) atoms. The fourth-order valence-corrected chi connectivity index (χ4v) is 3.15. The van der Waals surface area contributed by atoms with Crippen molar-refractivity contribution in [2.75, 3.05) is 5.75 Å². The topological polar surface area (TPSA) is 45.8 Å². The molecule has 0 aliphatic rings. The molecule has 0 bridgehead atoms. The number of aromatic amines is 1. The lowest BCUT2D eigenvalue weighted by atomic mass is 10.1. The lowest BCUT2D eigenvalue weighted by Gasteiger charge is -2.08. The Morgan fingerprint density at radius 1 is 1.29 bits per heavy atom. The molecule has 0 unspecified atom stereocenters. The number of hydrogen-bond donors (Lipinski definition) is 1. The average molecular weight is 343 g/mol. The number of rotatable bonds is 5. The van der Waals surface area contributed by atoms with Gasteiger partial charge in [0.15, 0.2) is 5.16 Å². The van der Waals surface area contributed by atoms with Crippen molar-refractivity contribution in [1.29, 1.82) is 0 Å². The minimum atomic E-state index is -0.158. The third kappa shape index (κ3) is 4.77. The molecule has 0 amide bonds. The largest absolute Gasteiger partial charge is 0.301 e. The Kier molecular flexibility index (Phi) is 5.73. The molecule has 0 saturated carbocycles. The van der Waals surface area contributed by atoms with Crippen molar-refractivity contribution in [3.05, 3.63) is 55.9 Å². The first-order chi connectivity index (χ1) is 9.95. The van der Waals surface area contributed by atoms with E-state index in [1.807, 2.05) is 0 Å². The van der Waals surface area contributed by atoms with Crippen LogP contribution in [0.2, 0.25) is 10.0 Å². The molecule has 112 valence electrons. The van der Waals surface area contributed by atoms with E-state index in [4.69, 9.17) is 23.2 Å². The third-order valence-electron chi connectivity index (χ3n) is 2.75. The van der Waals surface area contributed by atoms with Gasteiger partial charge in [-0.2, -0.15) is 0 Å². The zero-order chi connectivity index (χ0) is 15.4. The van der Waals surface area contributed by atoms with E-state index in [9.17, 15) is 4.79 Å². The average Bonchev–Trinajstić information content (AvgIpc) is 2.40. The van der Waals surface area contributed by atoms with Crippen LogP contribution in [0.1, 0.15) is 25.1 Å². The normalized spacial score (nSPS) is 11.1. The second-order valence-corrected chi connectivity index (χ2v) is 6.95. The molecule has 6 heteroatoms. The number of hydrogen-bond acceptors (Lipinski definition) is 3. The fourth-order valence-electron chi connectivity index (χ4n) is 1.77. The van der Waals surface area contributed by atoms with Gasteiger partial charge in [-0.15, -0.1) is 0 Å². The molecule has 1 heterocycles. The van der Waals surface area contributed by atoms with Crippen molar-refractivity contribution in [3.63, 3.8) is 0 Å². The highest BCUT2D eigenvalue weighted by molar-refractivity contribution is 7.99. The Morgan fingerprint density at radius 2 is 1.95 bits per heavy atom. The zero-order valence-electron chi connectivity index (χ0n) is 11.8. The summed E-state index contributed by atoms with van der Waals surface area (Å²) in [4.78, 5) is 19.0. The first-order valence-corrected chi connectivity index (χ1v) is 8.36. The molecular formula is C15H16Cl2N2OS. The van der Waals surface area contributed by atoms with E-state index in [-0.39, 0.29) is 5.56 Å². The first-order valence-electron chi connectivity index (χ1n) is 6.61. The summed E-state index contributed by atoms with van der Waals surface area (Å²) in [6, 6.07) is 6.84. The number of nitrogens with zero attached hydrogens (tertiary/aromatic N) is 1. The summed E-state index contributed by atoms with van der Waals surface area (Å²) in [6.45, 7) is 4.25. The van der Waals surface area contributed by atoms with Crippen LogP contribution in [0.4, 0.5) is 0 Å². The third-order valence-corrected chi connectivity index (χ3v) is 4.75. The molecule has 0 aliphatic carbocycles. The molecule has 3 nitrogen and oxygen atoms in total. The van der Waals surface area contributed by atoms with Gasteiger partial charge in [-0.3, -0.25) is 4.79 Å². The van der Waals surface area contributed by atoms with Crippen LogP contribution in [0.25, 0.3) is 0 Å². The highest BCUT2D eigenvalue weighted by atomic mass is 35.5. The van der Waals surface area contributed by atoms with Crippen LogP contribution in [-0.2, 0) is 6.42 Å². The van der Waals surface area contributed by atoms with Crippen LogP contribution in [0.15, 0.2) is 34.2 Å². The second-order valence-electron chi connectivity index (χ2n) is 5.12. The van der Waals surface area contributed by atoms with Gasteiger partial charge in [0.25, 0.3) is 5.56 Å². The van der Waals surface area contributed by atoms with Gasteiger partial charge >= 0.3 is 0 Å². The van der Waals surface area contributed by atoms with Gasteiger partial charge in [0.05, 0.1) is 5.69 Å². The molecule has 0 saturated heterocycles. The molecule has 0 aliphatic heterocycles. The molecule has 0 spiro atoms. The summed E-state index contributed by atoms with van der Waals surface area (Å²) in [7, 11) is 0. The van der Waals surface area contributed by atoms with Crippen molar-refractivity contribution < 1.29 is 0 Å². The number of H-pyrrole nitrogens is 1. The maximum Gasteiger partial charge on any atom is 0.251 e. The van der Waals surface area contributed by atoms with Gasteiger partial charge in [-0.25, -0.2) is 4.98 Å². The zero-order valence-corrected chi connectivity index (χ0v) is 14.1. The summed E-state index contributed by atoms with van der Waals surface area (Å²) in [6.07, 6.45) is 0.442. The second kappa shape index (κ2) is 7.34. The quantitative estimate of drug-likeness (QED) is 0.646. The van der Waals surface area contributed by atoms with E-state index in [0.717, 1.165) is 11.3 Å². The number of thioether (sulfide) groups is 1. The lowest BCUT2D eigenvalue weighted by molar-refractivity contribution is 0.746. The lowest BCUT2D eigenvalue weighted by Crippen LogP contribution is -2.11. The van der Waals surface area contributed by atoms with E-state index in [0.29, 0.717) is 33.2 Å². The van der Waals surface area contributed by atoms with Crippen LogP contribution in [0.5, 0.6) is 0 Å². The number of benzene rings is 1. The predicted molar refractivity (Wildman–Crippen MR) is 89.7 cm³/mol. The molecule has 1 aromatic heterocycles. The minimum Gasteiger partial charge on any atom is -0.301 e. The Hall–Kier alpha value is -0.970. The Balaban J connectivity index is 2.26. The van der Waals surface area contributed by atoms with Gasteiger partial charge in [0.1, 0.15) is 0 Å². The molecule has 2 aromatic rings. The minimum absolute atomic E-state index is 0.158. The molecule has 1 N–H and O–H groups in total. The summed E-state index contributed by atoms with van der Waals surface area (Å²) >= 11 is 13.9. The van der Waals surface area contributed by atoms with E-state index in [1.165, 1.54) is 6.07 Å². The number of nitrogens with one attached hydrogen (secondary N) is 1. The Bertz CT molecular complexity index is 665. The van der Waals surface area contributed by atoms with Gasteiger partial charge in [-0.1, -0.05) is 54.9 Å². The summed E-state index contributed by atoms with van der Waals surface area (Å²) in [5.74, 6) is 1.43. The monoisotopic (exact) mass is 342 g/mol. The van der Waals surface area contributed by atoms with Crippen molar-refractivity contribution in [2.24, 2.45) is 5.92 Å². The molecule has 0 atom stereocenters. The maximum absolute atomic E-state index is 11.7. The molecule has 0 fully saturated rings. The summed E-state index contributed by atoms with van der Waals surface area (Å²) < 4.78 is 0. The van der Waals surface area contributed by atoms with Gasteiger partial charge < -0.3 is 4.98 Å². The molecule has 2 rings (SSSR count). The van der Waals surface area contributed by atoms with E-state index in [1.54, 1.807) is 30.0 Å². The smallest absolute Gasteiger partial charge is 0.251 e. The SMILES string of the molecule is CC(C)CSc1nc(Cc2c(Cl)cccc2Cl)cc(=O)[nH]1. The van der Waals surface area contributed by atoms with Crippen molar-refractivity contribution in [1.82, 2.24) is 9.97 Å². The summed E-state index contributed by atoms with van der Waals surface area (Å²) in [5.41, 5.74) is 1.30. The standard InChI is InChI=1S/C15H16Cl2N2OS/c1-9(2)8-21-15-18-10(7-14(20)19-15)6-11-12(16)4-3-5-13(11)17/h3-5,7,9H,6,8H2,1-2H3,(H,18,19,20). The van der Waals surface area contributed by atoms with E-state index in [2.05, 4.69) is 23.8 Å². The van der Waals surface area contributed by atoms with Crippen molar-refractivity contribution >= 4 is 35.0 Å². The van der Waals surface area contributed by atoms with Crippen LogP contribution in [0.3, 0.4) is 0 Å². The van der Waals surface area contributed by atoms with Crippen LogP contribution >= 0.6 is 35.0 Å². The van der Waals surface area contributed by atoms with Crippen molar-refractivity contribution in [2.45, 2.75) is 25.4 Å². The van der Waals surface area contributed by atoms with Gasteiger partial charge in [-0.05, 0) is 23.6 Å². The highest BCUT2D eigenvalue weighted by Gasteiger charge is 2.09. The van der Waals surface area contributed by atoms with Crippen molar-refractivity contribution in [3.8, 4) is 0 Å². The van der Waals surface area contributed by atoms with E-state index >= 15 is 0 Å². The number of aromatic nitrogens is 2. The van der Waals surface area contributed by atoms with Gasteiger partial charge in [0, 0.05) is 28.3 Å². The summed E-state index contributed by atoms with van der Waals surface area (Å²) in [5, 5.41) is 1.80. The Morgan fingerprint density at radius 3 is 2.57 bits per heavy atom. The van der Waals surface area contributed by atoms with E-state index < -0.39 is 0 Å². The van der Waals surface area contributed by atoms with Crippen LogP contribution in [-0.4, -0.2) is 15.7 Å². The van der Waals surface area contributed by atoms with Gasteiger partial charge in [0.2, 0.25) is 0 Å². The molecule has 0 radical (unpaired) electrons. The van der Waals surface area contributed by atoms with Crippen LogP contribution in [0, 0.1) is 5.92 Å². The predicted octanol–water partition coefficient (Wildman–Crippen LogP) is 4.42. The molecule has 1 aromatic carbocycles. The molecular weight excluding hydrogens is 327 g/mol. The maximum atomic E-state index is 11.7. The first kappa shape index (κ1) is 16.4. The Labute approximate surface area is 138 Å². The fraction of sp³-hybridized carbons (Fsp3) is 0.333.